The third-order valence-electron chi connectivity index (χ3n) is 3.42. The van der Waals surface area contributed by atoms with Crippen LogP contribution >= 0.6 is 0 Å². The fraction of sp³-hybridized carbons (Fsp3) is 1.00. The molecule has 0 aromatic heterocycles. The maximum absolute atomic E-state index is 5.68. The van der Waals surface area contributed by atoms with Crippen LogP contribution in [0, 0.1) is 5.92 Å². The molecule has 13 heavy (non-hydrogen) atoms. The third kappa shape index (κ3) is 1.73. The first-order valence-electron chi connectivity index (χ1n) is 5.36. The fourth-order valence-electron chi connectivity index (χ4n) is 2.47. The van der Waals surface area contributed by atoms with Crippen molar-refractivity contribution in [3.63, 3.8) is 0 Å². The molecular formula is C10H20N2O. The smallest absolute Gasteiger partial charge is 0.0604 e. The van der Waals surface area contributed by atoms with Crippen LogP contribution in [0.2, 0.25) is 0 Å². The molecular weight excluding hydrogens is 164 g/mol. The second kappa shape index (κ2) is 3.56. The Morgan fingerprint density at radius 2 is 2.31 bits per heavy atom. The zero-order valence-electron chi connectivity index (χ0n) is 8.60. The molecule has 0 aromatic carbocycles. The third-order valence-corrected chi connectivity index (χ3v) is 3.42. The zero-order chi connectivity index (χ0) is 9.31. The minimum absolute atomic E-state index is 0.382. The highest BCUT2D eigenvalue weighted by molar-refractivity contribution is 5.10. The van der Waals surface area contributed by atoms with E-state index >= 15 is 0 Å². The van der Waals surface area contributed by atoms with Crippen LogP contribution in [0.3, 0.4) is 0 Å². The Labute approximate surface area is 80.2 Å². The van der Waals surface area contributed by atoms with Gasteiger partial charge in [0.1, 0.15) is 0 Å². The average molecular weight is 184 g/mol. The summed E-state index contributed by atoms with van der Waals surface area (Å²) in [6, 6.07) is 0. The maximum Gasteiger partial charge on any atom is 0.0604 e. The average Bonchev–Trinajstić information content (AvgIpc) is 2.87. The molecule has 1 aliphatic carbocycles. The molecule has 2 N–H and O–H groups in total. The van der Waals surface area contributed by atoms with E-state index in [-0.39, 0.29) is 0 Å². The molecule has 76 valence electrons. The van der Waals surface area contributed by atoms with Gasteiger partial charge in [0.2, 0.25) is 0 Å². The van der Waals surface area contributed by atoms with Gasteiger partial charge in [0.15, 0.2) is 0 Å². The molecule has 1 saturated heterocycles. The predicted molar refractivity (Wildman–Crippen MR) is 52.5 cm³/mol. The first-order valence-corrected chi connectivity index (χ1v) is 5.36. The number of rotatable bonds is 3. The maximum atomic E-state index is 5.68. The standard InChI is InChI=1S/C10H20N2O/c1-3-13-8(2)9-6-11-7-12-10(9)4-5-10/h8-9,11-12H,3-7H2,1-2H3. The summed E-state index contributed by atoms with van der Waals surface area (Å²) in [4.78, 5) is 0. The van der Waals surface area contributed by atoms with Gasteiger partial charge in [0.25, 0.3) is 0 Å². The Morgan fingerprint density at radius 1 is 1.54 bits per heavy atom. The van der Waals surface area contributed by atoms with Gasteiger partial charge in [-0.1, -0.05) is 0 Å². The fourth-order valence-corrected chi connectivity index (χ4v) is 2.47. The van der Waals surface area contributed by atoms with Gasteiger partial charge in [-0.2, -0.15) is 0 Å². The predicted octanol–water partition coefficient (Wildman–Crippen LogP) is 0.710. The van der Waals surface area contributed by atoms with Crippen molar-refractivity contribution in [3.8, 4) is 0 Å². The molecule has 1 aliphatic heterocycles. The summed E-state index contributed by atoms with van der Waals surface area (Å²) in [5.41, 5.74) is 0.430. The molecule has 2 atom stereocenters. The highest BCUT2D eigenvalue weighted by Crippen LogP contribution is 2.45. The lowest BCUT2D eigenvalue weighted by atomic mass is 9.90. The van der Waals surface area contributed by atoms with Crippen LogP contribution in [0.15, 0.2) is 0 Å². The topological polar surface area (TPSA) is 33.3 Å². The Bertz CT molecular complexity index is 180. The van der Waals surface area contributed by atoms with E-state index in [4.69, 9.17) is 4.74 Å². The molecule has 2 unspecified atom stereocenters. The van der Waals surface area contributed by atoms with E-state index in [1.165, 1.54) is 12.8 Å². The SMILES string of the molecule is CCOC(C)C1CNCNC12CC2. The van der Waals surface area contributed by atoms with Gasteiger partial charge in [-0.05, 0) is 26.7 Å². The Kier molecular flexibility index (Phi) is 2.58. The van der Waals surface area contributed by atoms with Crippen molar-refractivity contribution in [2.75, 3.05) is 19.8 Å². The molecule has 2 rings (SSSR count). The molecule has 2 fully saturated rings. The summed E-state index contributed by atoms with van der Waals surface area (Å²) < 4.78 is 5.68. The van der Waals surface area contributed by atoms with E-state index < -0.39 is 0 Å². The van der Waals surface area contributed by atoms with Crippen LogP contribution < -0.4 is 10.6 Å². The highest BCUT2D eigenvalue weighted by atomic mass is 16.5. The quantitative estimate of drug-likeness (QED) is 0.678. The minimum atomic E-state index is 0.382. The highest BCUT2D eigenvalue weighted by Gasteiger charge is 2.52. The van der Waals surface area contributed by atoms with Crippen molar-refractivity contribution in [2.45, 2.75) is 38.3 Å². The van der Waals surface area contributed by atoms with Crippen molar-refractivity contribution in [1.82, 2.24) is 10.6 Å². The first kappa shape index (κ1) is 9.44. The number of hydrogen-bond acceptors (Lipinski definition) is 3. The van der Waals surface area contributed by atoms with E-state index in [9.17, 15) is 0 Å². The van der Waals surface area contributed by atoms with E-state index in [0.717, 1.165) is 19.8 Å². The van der Waals surface area contributed by atoms with Gasteiger partial charge in [-0.15, -0.1) is 0 Å². The van der Waals surface area contributed by atoms with Crippen LogP contribution in [0.4, 0.5) is 0 Å². The second-order valence-electron chi connectivity index (χ2n) is 4.23. The summed E-state index contributed by atoms with van der Waals surface area (Å²) in [6.07, 6.45) is 3.04. The molecule has 3 nitrogen and oxygen atoms in total. The van der Waals surface area contributed by atoms with E-state index in [0.29, 0.717) is 17.6 Å². The van der Waals surface area contributed by atoms with Gasteiger partial charge in [0, 0.05) is 31.3 Å². The molecule has 3 heteroatoms. The lowest BCUT2D eigenvalue weighted by Gasteiger charge is -2.37. The largest absolute Gasteiger partial charge is 0.378 e. The first-order chi connectivity index (χ1) is 6.28. The zero-order valence-corrected chi connectivity index (χ0v) is 8.60. The van der Waals surface area contributed by atoms with Crippen LogP contribution in [0.25, 0.3) is 0 Å². The molecule has 0 amide bonds. The molecule has 1 heterocycles. The van der Waals surface area contributed by atoms with Crippen LogP contribution in [0.1, 0.15) is 26.7 Å². The molecule has 0 bridgehead atoms. The van der Waals surface area contributed by atoms with Crippen LogP contribution in [-0.4, -0.2) is 31.5 Å². The number of ether oxygens (including phenoxy) is 1. The van der Waals surface area contributed by atoms with Crippen molar-refractivity contribution in [2.24, 2.45) is 5.92 Å². The van der Waals surface area contributed by atoms with Gasteiger partial charge >= 0.3 is 0 Å². The molecule has 1 spiro atoms. The van der Waals surface area contributed by atoms with Gasteiger partial charge in [-0.3, -0.25) is 5.32 Å². The lowest BCUT2D eigenvalue weighted by molar-refractivity contribution is 0.00676. The van der Waals surface area contributed by atoms with Crippen molar-refractivity contribution >= 4 is 0 Å². The van der Waals surface area contributed by atoms with E-state index in [2.05, 4.69) is 24.5 Å². The Hall–Kier alpha value is -0.120. The van der Waals surface area contributed by atoms with E-state index in [1.54, 1.807) is 0 Å². The van der Waals surface area contributed by atoms with Gasteiger partial charge in [0.05, 0.1) is 6.10 Å². The number of nitrogens with one attached hydrogen (secondary N) is 2. The summed E-state index contributed by atoms with van der Waals surface area (Å²) >= 11 is 0. The van der Waals surface area contributed by atoms with Gasteiger partial charge < -0.3 is 10.1 Å². The van der Waals surface area contributed by atoms with Crippen molar-refractivity contribution in [3.05, 3.63) is 0 Å². The van der Waals surface area contributed by atoms with Crippen molar-refractivity contribution in [1.29, 1.82) is 0 Å². The molecule has 0 radical (unpaired) electrons. The van der Waals surface area contributed by atoms with E-state index in [1.807, 2.05) is 0 Å². The Balaban J connectivity index is 1.95. The summed E-state index contributed by atoms with van der Waals surface area (Å²) in [6.45, 7) is 7.17. The van der Waals surface area contributed by atoms with Crippen molar-refractivity contribution < 1.29 is 4.74 Å². The minimum Gasteiger partial charge on any atom is -0.378 e. The lowest BCUT2D eigenvalue weighted by Crippen LogP contribution is -2.56. The Morgan fingerprint density at radius 3 is 2.92 bits per heavy atom. The summed E-state index contributed by atoms with van der Waals surface area (Å²) in [5.74, 6) is 0.654. The van der Waals surface area contributed by atoms with Gasteiger partial charge in [-0.25, -0.2) is 0 Å². The van der Waals surface area contributed by atoms with Crippen LogP contribution in [0.5, 0.6) is 0 Å². The normalized spacial score (nSPS) is 33.2. The molecule has 1 saturated carbocycles. The summed E-state index contributed by atoms with van der Waals surface area (Å²) in [5, 5.41) is 6.95. The van der Waals surface area contributed by atoms with Crippen LogP contribution in [-0.2, 0) is 4.74 Å². The summed E-state index contributed by atoms with van der Waals surface area (Å²) in [7, 11) is 0. The monoisotopic (exact) mass is 184 g/mol. The number of hydrogen-bond donors (Lipinski definition) is 2. The molecule has 2 aliphatic rings. The second-order valence-corrected chi connectivity index (χ2v) is 4.23. The molecule has 0 aromatic rings.